The van der Waals surface area contributed by atoms with Gasteiger partial charge in [0.1, 0.15) is 0 Å². The number of ether oxygens (including phenoxy) is 1. The summed E-state index contributed by atoms with van der Waals surface area (Å²) in [5, 5.41) is 9.08. The van der Waals surface area contributed by atoms with Gasteiger partial charge in [0.2, 0.25) is 0 Å². The number of hydrogen-bond donors (Lipinski definition) is 1. The number of hydrogen-bond acceptors (Lipinski definition) is 2. The van der Waals surface area contributed by atoms with Crippen molar-refractivity contribution in [1.82, 2.24) is 0 Å². The van der Waals surface area contributed by atoms with E-state index in [-0.39, 0.29) is 6.10 Å². The maximum atomic E-state index is 11.0. The Labute approximate surface area is 121 Å². The largest absolute Gasteiger partial charge is 0.481 e. The molecule has 0 amide bonds. The molecule has 3 nitrogen and oxygen atoms in total. The second kappa shape index (κ2) is 6.40. The number of carbonyl (C=O) groups is 1. The van der Waals surface area contributed by atoms with Gasteiger partial charge in [-0.15, -0.1) is 0 Å². The maximum Gasteiger partial charge on any atom is 0.309 e. The summed E-state index contributed by atoms with van der Waals surface area (Å²) in [6.07, 6.45) is 5.01. The van der Waals surface area contributed by atoms with Gasteiger partial charge in [-0.1, -0.05) is 24.3 Å². The third kappa shape index (κ3) is 3.60. The predicted octanol–water partition coefficient (Wildman–Crippen LogP) is 3.97. The Morgan fingerprint density at radius 3 is 2.90 bits per heavy atom. The van der Waals surface area contributed by atoms with Crippen LogP contribution in [0.25, 0.3) is 0 Å². The average Bonchev–Trinajstić information content (AvgIpc) is 2.43. The predicted molar refractivity (Wildman–Crippen MR) is 78.7 cm³/mol. The molecule has 1 aromatic carbocycles. The molecule has 1 aliphatic carbocycles. The van der Waals surface area contributed by atoms with Crippen LogP contribution in [0.15, 0.2) is 24.3 Å². The molecular formula is C17H24O3. The Hall–Kier alpha value is -1.35. The summed E-state index contributed by atoms with van der Waals surface area (Å²) in [5.41, 5.74) is 2.05. The molecule has 3 heteroatoms. The molecule has 1 aliphatic rings. The van der Waals surface area contributed by atoms with Gasteiger partial charge in [0, 0.05) is 6.61 Å². The second-order valence-corrected chi connectivity index (χ2v) is 6.24. The normalized spacial score (nSPS) is 18.6. The van der Waals surface area contributed by atoms with Gasteiger partial charge >= 0.3 is 5.97 Å². The number of fused-ring (bicyclic) bond motifs is 1. The van der Waals surface area contributed by atoms with Crippen LogP contribution in [-0.2, 0) is 16.0 Å². The highest BCUT2D eigenvalue weighted by Gasteiger charge is 2.26. The van der Waals surface area contributed by atoms with Gasteiger partial charge in [-0.05, 0) is 57.1 Å². The third-order valence-electron chi connectivity index (χ3n) is 4.16. The third-order valence-corrected chi connectivity index (χ3v) is 4.16. The zero-order valence-electron chi connectivity index (χ0n) is 12.4. The van der Waals surface area contributed by atoms with E-state index in [4.69, 9.17) is 9.84 Å². The van der Waals surface area contributed by atoms with E-state index in [0.717, 1.165) is 19.3 Å². The molecule has 1 atom stereocenters. The number of aryl methyl sites for hydroxylation is 1. The van der Waals surface area contributed by atoms with Crippen molar-refractivity contribution >= 4 is 5.97 Å². The van der Waals surface area contributed by atoms with Gasteiger partial charge in [0.05, 0.1) is 11.5 Å². The standard InChI is InChI=1S/C17H24O3/c1-17(2,16(18)19)11-6-12-20-15-10-5-8-13-7-3-4-9-14(13)15/h3-4,7,9,15H,5-6,8,10-12H2,1-2H3,(H,18,19). The van der Waals surface area contributed by atoms with Crippen molar-refractivity contribution in [1.29, 1.82) is 0 Å². The molecular weight excluding hydrogens is 252 g/mol. The first-order chi connectivity index (χ1) is 9.50. The Morgan fingerprint density at radius 1 is 1.40 bits per heavy atom. The van der Waals surface area contributed by atoms with E-state index < -0.39 is 11.4 Å². The van der Waals surface area contributed by atoms with Crippen LogP contribution in [0.5, 0.6) is 0 Å². The first-order valence-corrected chi connectivity index (χ1v) is 7.43. The zero-order chi connectivity index (χ0) is 14.6. The van der Waals surface area contributed by atoms with Gasteiger partial charge < -0.3 is 9.84 Å². The van der Waals surface area contributed by atoms with Crippen LogP contribution in [0.2, 0.25) is 0 Å². The molecule has 110 valence electrons. The van der Waals surface area contributed by atoms with Gasteiger partial charge in [0.15, 0.2) is 0 Å². The molecule has 20 heavy (non-hydrogen) atoms. The molecule has 0 bridgehead atoms. The zero-order valence-corrected chi connectivity index (χ0v) is 12.4. The lowest BCUT2D eigenvalue weighted by molar-refractivity contribution is -0.147. The van der Waals surface area contributed by atoms with Crippen LogP contribution in [-0.4, -0.2) is 17.7 Å². The van der Waals surface area contributed by atoms with Crippen molar-refractivity contribution in [3.8, 4) is 0 Å². The van der Waals surface area contributed by atoms with Crippen molar-refractivity contribution < 1.29 is 14.6 Å². The highest BCUT2D eigenvalue weighted by atomic mass is 16.5. The minimum absolute atomic E-state index is 0.188. The van der Waals surface area contributed by atoms with Crippen LogP contribution >= 0.6 is 0 Å². The highest BCUT2D eigenvalue weighted by Crippen LogP contribution is 2.32. The minimum atomic E-state index is -0.736. The van der Waals surface area contributed by atoms with Crippen LogP contribution in [0, 0.1) is 5.41 Å². The number of benzene rings is 1. The van der Waals surface area contributed by atoms with Crippen molar-refractivity contribution in [2.75, 3.05) is 6.61 Å². The fourth-order valence-corrected chi connectivity index (χ4v) is 2.73. The first-order valence-electron chi connectivity index (χ1n) is 7.43. The van der Waals surface area contributed by atoms with E-state index in [1.54, 1.807) is 13.8 Å². The van der Waals surface area contributed by atoms with E-state index in [1.807, 2.05) is 0 Å². The summed E-state index contributed by atoms with van der Waals surface area (Å²) >= 11 is 0. The van der Waals surface area contributed by atoms with E-state index >= 15 is 0 Å². The van der Waals surface area contributed by atoms with Gasteiger partial charge in [-0.2, -0.15) is 0 Å². The molecule has 0 fully saturated rings. The van der Waals surface area contributed by atoms with Crippen LogP contribution in [0.3, 0.4) is 0 Å². The highest BCUT2D eigenvalue weighted by molar-refractivity contribution is 5.73. The van der Waals surface area contributed by atoms with Crippen molar-refractivity contribution in [3.05, 3.63) is 35.4 Å². The molecule has 1 N–H and O–H groups in total. The lowest BCUT2D eigenvalue weighted by atomic mass is 9.88. The minimum Gasteiger partial charge on any atom is -0.481 e. The number of aliphatic carboxylic acids is 1. The van der Waals surface area contributed by atoms with Crippen molar-refractivity contribution in [2.24, 2.45) is 5.41 Å². The van der Waals surface area contributed by atoms with E-state index in [9.17, 15) is 4.79 Å². The molecule has 0 heterocycles. The van der Waals surface area contributed by atoms with Gasteiger partial charge in [-0.3, -0.25) is 4.79 Å². The van der Waals surface area contributed by atoms with Crippen LogP contribution in [0.4, 0.5) is 0 Å². The number of rotatable bonds is 6. The summed E-state index contributed by atoms with van der Waals surface area (Å²) in [7, 11) is 0. The molecule has 0 aromatic heterocycles. The molecule has 0 saturated carbocycles. The van der Waals surface area contributed by atoms with E-state index in [1.165, 1.54) is 17.5 Å². The fourth-order valence-electron chi connectivity index (χ4n) is 2.73. The summed E-state index contributed by atoms with van der Waals surface area (Å²) < 4.78 is 5.99. The summed E-state index contributed by atoms with van der Waals surface area (Å²) in [6.45, 7) is 4.17. The molecule has 0 spiro atoms. The van der Waals surface area contributed by atoms with E-state index in [2.05, 4.69) is 24.3 Å². The van der Waals surface area contributed by atoms with Crippen molar-refractivity contribution in [3.63, 3.8) is 0 Å². The smallest absolute Gasteiger partial charge is 0.309 e. The summed E-state index contributed by atoms with van der Waals surface area (Å²) in [5.74, 6) is -0.736. The molecule has 1 aromatic rings. The molecule has 2 rings (SSSR count). The Balaban J connectivity index is 1.83. The van der Waals surface area contributed by atoms with Crippen LogP contribution < -0.4 is 0 Å². The second-order valence-electron chi connectivity index (χ2n) is 6.24. The SMILES string of the molecule is CC(C)(CCCOC1CCCc2ccccc21)C(=O)O. The topological polar surface area (TPSA) is 46.5 Å². The number of carboxylic acid groups (broad SMARTS) is 1. The molecule has 0 radical (unpaired) electrons. The average molecular weight is 276 g/mol. The van der Waals surface area contributed by atoms with Crippen LogP contribution in [0.1, 0.15) is 56.8 Å². The lowest BCUT2D eigenvalue weighted by Gasteiger charge is -2.26. The molecule has 0 saturated heterocycles. The Kier molecular flexibility index (Phi) is 4.81. The van der Waals surface area contributed by atoms with Gasteiger partial charge in [-0.25, -0.2) is 0 Å². The maximum absolute atomic E-state index is 11.0. The van der Waals surface area contributed by atoms with E-state index in [0.29, 0.717) is 13.0 Å². The molecule has 1 unspecified atom stereocenters. The Bertz CT molecular complexity index is 465. The Morgan fingerprint density at radius 2 is 2.15 bits per heavy atom. The van der Waals surface area contributed by atoms with Gasteiger partial charge in [0.25, 0.3) is 0 Å². The monoisotopic (exact) mass is 276 g/mol. The quantitative estimate of drug-likeness (QED) is 0.800. The number of carboxylic acids is 1. The summed E-state index contributed by atoms with van der Waals surface area (Å²) in [6, 6.07) is 8.48. The fraction of sp³-hybridized carbons (Fsp3) is 0.588. The van der Waals surface area contributed by atoms with Crippen molar-refractivity contribution in [2.45, 2.75) is 52.1 Å². The first kappa shape index (κ1) is 15.0. The molecule has 0 aliphatic heterocycles. The lowest BCUT2D eigenvalue weighted by Crippen LogP contribution is -2.24. The summed E-state index contributed by atoms with van der Waals surface area (Å²) in [4.78, 5) is 11.0.